The Morgan fingerprint density at radius 2 is 1.91 bits per heavy atom. The van der Waals surface area contributed by atoms with Gasteiger partial charge in [-0.3, -0.25) is 0 Å². The van der Waals surface area contributed by atoms with E-state index >= 15 is 0 Å². The normalized spacial score (nSPS) is 7.00. The lowest BCUT2D eigenvalue weighted by Crippen LogP contribution is -1.90. The van der Waals surface area contributed by atoms with Crippen molar-refractivity contribution in [3.63, 3.8) is 0 Å². The van der Waals surface area contributed by atoms with E-state index in [2.05, 4.69) is 16.5 Å². The molecule has 0 aliphatic heterocycles. The van der Waals surface area contributed by atoms with Gasteiger partial charge in [-0.2, -0.15) is 0 Å². The van der Waals surface area contributed by atoms with Gasteiger partial charge in [0.25, 0.3) is 0 Å². The number of nitrogens with zero attached hydrogens (tertiary/aromatic N) is 2. The molecule has 0 fully saturated rings. The predicted molar refractivity (Wildman–Crippen MR) is 63.5 cm³/mol. The van der Waals surface area contributed by atoms with Crippen LogP contribution in [0, 0.1) is 0 Å². The lowest BCUT2D eigenvalue weighted by molar-refractivity contribution is 0.678. The van der Waals surface area contributed by atoms with E-state index in [1.807, 2.05) is 12.5 Å². The van der Waals surface area contributed by atoms with E-state index < -0.39 is 0 Å². The molecule has 0 saturated heterocycles. The third kappa shape index (κ3) is 7.03. The number of hydrogen-bond donors (Lipinski definition) is 0. The molecule has 0 aliphatic carbocycles. The molecule has 1 aromatic rings. The summed E-state index contributed by atoms with van der Waals surface area (Å²) in [5.41, 5.74) is 0. The zero-order valence-electron chi connectivity index (χ0n) is 6.27. The third-order valence-electron chi connectivity index (χ3n) is 1.04. The summed E-state index contributed by atoms with van der Waals surface area (Å²) in [5, 5.41) is 0. The fourth-order valence-corrected chi connectivity index (χ4v) is 0.677. The highest BCUT2D eigenvalue weighted by Crippen LogP contribution is 1.87. The molecule has 0 amide bonds. The standard InChI is InChI=1S/C6H10N2.3BrH/c1-2-4-8-5-3-7-6-8;;;/h3,5-6H,2,4H2,1H3;3*1H. The number of imidazole rings is 1. The average molecular weight is 353 g/mol. The molecule has 11 heavy (non-hydrogen) atoms. The summed E-state index contributed by atoms with van der Waals surface area (Å²) in [5.74, 6) is 0. The molecule has 1 heterocycles. The van der Waals surface area contributed by atoms with Gasteiger partial charge in [0.05, 0.1) is 6.33 Å². The second kappa shape index (κ2) is 10.7. The summed E-state index contributed by atoms with van der Waals surface area (Å²) >= 11 is 0. The first-order valence-electron chi connectivity index (χ1n) is 2.89. The van der Waals surface area contributed by atoms with E-state index in [-0.39, 0.29) is 50.9 Å². The molecule has 0 radical (unpaired) electrons. The highest BCUT2D eigenvalue weighted by Gasteiger charge is 1.81. The molecule has 0 aromatic carbocycles. The average Bonchev–Trinajstić information content (AvgIpc) is 2.19. The van der Waals surface area contributed by atoms with E-state index in [0.29, 0.717) is 0 Å². The van der Waals surface area contributed by atoms with Gasteiger partial charge in [-0.15, -0.1) is 50.9 Å². The van der Waals surface area contributed by atoms with Gasteiger partial charge in [0.15, 0.2) is 0 Å². The Labute approximate surface area is 98.7 Å². The number of aryl methyl sites for hydroxylation is 1. The van der Waals surface area contributed by atoms with E-state index in [1.54, 1.807) is 6.20 Å². The first kappa shape index (κ1) is 17.7. The van der Waals surface area contributed by atoms with Gasteiger partial charge >= 0.3 is 0 Å². The molecule has 1 aromatic heterocycles. The Morgan fingerprint density at radius 1 is 1.27 bits per heavy atom. The fraction of sp³-hybridized carbons (Fsp3) is 0.500. The van der Waals surface area contributed by atoms with E-state index in [1.165, 1.54) is 6.42 Å². The lowest BCUT2D eigenvalue weighted by Gasteiger charge is -1.93. The Balaban J connectivity index is -0.000000213. The van der Waals surface area contributed by atoms with Gasteiger partial charge < -0.3 is 4.57 Å². The van der Waals surface area contributed by atoms with Crippen LogP contribution in [0.15, 0.2) is 18.7 Å². The van der Waals surface area contributed by atoms with E-state index in [9.17, 15) is 0 Å². The molecule has 0 bridgehead atoms. The van der Waals surface area contributed by atoms with Gasteiger partial charge in [0.1, 0.15) is 0 Å². The molecule has 0 unspecified atom stereocenters. The summed E-state index contributed by atoms with van der Waals surface area (Å²) in [6.07, 6.45) is 6.79. The minimum atomic E-state index is 0. The fourth-order valence-electron chi connectivity index (χ4n) is 0.677. The molecule has 0 saturated carbocycles. The lowest BCUT2D eigenvalue weighted by atomic mass is 10.5. The van der Waals surface area contributed by atoms with Crippen LogP contribution in [-0.2, 0) is 6.54 Å². The zero-order valence-corrected chi connectivity index (χ0v) is 11.4. The summed E-state index contributed by atoms with van der Waals surface area (Å²) in [4.78, 5) is 3.90. The minimum Gasteiger partial charge on any atom is -0.338 e. The first-order valence-corrected chi connectivity index (χ1v) is 2.89. The quantitative estimate of drug-likeness (QED) is 0.800. The molecule has 0 atom stereocenters. The Hall–Kier alpha value is 0.650. The summed E-state index contributed by atoms with van der Waals surface area (Å²) in [7, 11) is 0. The van der Waals surface area contributed by atoms with Crippen molar-refractivity contribution in [3.8, 4) is 0 Å². The van der Waals surface area contributed by atoms with Crippen LogP contribution in [-0.4, -0.2) is 9.55 Å². The highest BCUT2D eigenvalue weighted by molar-refractivity contribution is 8.93. The van der Waals surface area contributed by atoms with Crippen LogP contribution < -0.4 is 0 Å². The van der Waals surface area contributed by atoms with Crippen molar-refractivity contribution >= 4 is 50.9 Å². The first-order chi connectivity index (χ1) is 3.93. The van der Waals surface area contributed by atoms with Crippen LogP contribution >= 0.6 is 50.9 Å². The van der Waals surface area contributed by atoms with E-state index in [0.717, 1.165) is 6.54 Å². The van der Waals surface area contributed by atoms with Crippen LogP contribution in [0.4, 0.5) is 0 Å². The largest absolute Gasteiger partial charge is 0.338 e. The van der Waals surface area contributed by atoms with Crippen molar-refractivity contribution < 1.29 is 0 Å². The van der Waals surface area contributed by atoms with Gasteiger partial charge in [0.2, 0.25) is 0 Å². The number of halogens is 3. The molecule has 5 heteroatoms. The van der Waals surface area contributed by atoms with Crippen LogP contribution in [0.3, 0.4) is 0 Å². The summed E-state index contributed by atoms with van der Waals surface area (Å²) in [6.45, 7) is 3.24. The number of aromatic nitrogens is 2. The van der Waals surface area contributed by atoms with Crippen LogP contribution in [0.25, 0.3) is 0 Å². The number of hydrogen-bond acceptors (Lipinski definition) is 1. The SMILES string of the molecule is Br.Br.Br.CCCn1ccnc1. The molecular weight excluding hydrogens is 340 g/mol. The summed E-state index contributed by atoms with van der Waals surface area (Å²) < 4.78 is 2.07. The minimum absolute atomic E-state index is 0. The van der Waals surface area contributed by atoms with Crippen molar-refractivity contribution in [2.45, 2.75) is 19.9 Å². The van der Waals surface area contributed by atoms with Crippen molar-refractivity contribution in [3.05, 3.63) is 18.7 Å². The second-order valence-corrected chi connectivity index (χ2v) is 1.80. The van der Waals surface area contributed by atoms with Gasteiger partial charge in [-0.05, 0) is 6.42 Å². The van der Waals surface area contributed by atoms with Gasteiger partial charge in [-0.25, -0.2) is 4.98 Å². The zero-order chi connectivity index (χ0) is 5.82. The second-order valence-electron chi connectivity index (χ2n) is 1.80. The van der Waals surface area contributed by atoms with Crippen molar-refractivity contribution in [1.29, 1.82) is 0 Å². The molecule has 0 aliphatic rings. The third-order valence-corrected chi connectivity index (χ3v) is 1.04. The Morgan fingerprint density at radius 3 is 2.27 bits per heavy atom. The predicted octanol–water partition coefficient (Wildman–Crippen LogP) is 3.03. The topological polar surface area (TPSA) is 17.8 Å². The maximum absolute atomic E-state index is 3.90. The molecular formula is C6H13Br3N2. The molecule has 68 valence electrons. The monoisotopic (exact) mass is 350 g/mol. The van der Waals surface area contributed by atoms with Crippen molar-refractivity contribution in [2.75, 3.05) is 0 Å². The Bertz CT molecular complexity index is 142. The van der Waals surface area contributed by atoms with E-state index in [4.69, 9.17) is 0 Å². The van der Waals surface area contributed by atoms with Crippen molar-refractivity contribution in [1.82, 2.24) is 9.55 Å². The smallest absolute Gasteiger partial charge is 0.0945 e. The van der Waals surface area contributed by atoms with Crippen LogP contribution in [0.2, 0.25) is 0 Å². The molecule has 0 spiro atoms. The summed E-state index contributed by atoms with van der Waals surface area (Å²) in [6, 6.07) is 0. The maximum Gasteiger partial charge on any atom is 0.0945 e. The molecule has 2 nitrogen and oxygen atoms in total. The maximum atomic E-state index is 3.90. The molecule has 0 N–H and O–H groups in total. The van der Waals surface area contributed by atoms with Crippen molar-refractivity contribution in [2.24, 2.45) is 0 Å². The van der Waals surface area contributed by atoms with Crippen LogP contribution in [0.5, 0.6) is 0 Å². The van der Waals surface area contributed by atoms with Gasteiger partial charge in [0, 0.05) is 18.9 Å². The van der Waals surface area contributed by atoms with Gasteiger partial charge in [-0.1, -0.05) is 6.92 Å². The Kier molecular flexibility index (Phi) is 17.1. The molecule has 1 rings (SSSR count). The highest BCUT2D eigenvalue weighted by atomic mass is 79.9. The van der Waals surface area contributed by atoms with Crippen LogP contribution in [0.1, 0.15) is 13.3 Å². The number of rotatable bonds is 2.